The van der Waals surface area contributed by atoms with Gasteiger partial charge in [0.05, 0.1) is 36.0 Å². The number of benzene rings is 1. The SMILES string of the molecule is COc1cc(C(=O)NOCC(C)C)c(F)cc1Nc1ncc(C(F)(F)F)c(Nc2ccncc2P(C)(C)=O)n1. The van der Waals surface area contributed by atoms with Crippen LogP contribution in [0.15, 0.2) is 36.8 Å². The summed E-state index contributed by atoms with van der Waals surface area (Å²) in [5.74, 6) is -2.69. The number of carbonyl (C=O) groups excluding carboxylic acids is 1. The van der Waals surface area contributed by atoms with Crippen molar-refractivity contribution in [1.82, 2.24) is 20.4 Å². The van der Waals surface area contributed by atoms with Crippen molar-refractivity contribution < 1.29 is 36.5 Å². The molecule has 0 saturated carbocycles. The molecular formula is C24H27F4N6O4P. The van der Waals surface area contributed by atoms with E-state index in [1.807, 2.05) is 13.8 Å². The van der Waals surface area contributed by atoms with Crippen LogP contribution in [0, 0.1) is 11.7 Å². The Morgan fingerprint density at radius 2 is 1.85 bits per heavy atom. The summed E-state index contributed by atoms with van der Waals surface area (Å²) in [6, 6.07) is 3.38. The van der Waals surface area contributed by atoms with Crippen LogP contribution >= 0.6 is 7.14 Å². The number of anilines is 4. The van der Waals surface area contributed by atoms with Crippen LogP contribution < -0.4 is 26.2 Å². The van der Waals surface area contributed by atoms with Gasteiger partial charge in [-0.2, -0.15) is 18.2 Å². The largest absolute Gasteiger partial charge is 0.495 e. The molecule has 0 saturated heterocycles. The average Bonchev–Trinajstić information content (AvgIpc) is 2.83. The molecule has 0 spiro atoms. The summed E-state index contributed by atoms with van der Waals surface area (Å²) in [4.78, 5) is 28.9. The summed E-state index contributed by atoms with van der Waals surface area (Å²) in [5, 5.41) is 5.41. The number of nitrogens with zero attached hydrogens (tertiary/aromatic N) is 3. The normalized spacial score (nSPS) is 11.8. The van der Waals surface area contributed by atoms with Gasteiger partial charge in [0, 0.05) is 24.7 Å². The van der Waals surface area contributed by atoms with Gasteiger partial charge in [0.1, 0.15) is 30.1 Å². The number of carbonyl (C=O) groups is 1. The summed E-state index contributed by atoms with van der Waals surface area (Å²) >= 11 is 0. The summed E-state index contributed by atoms with van der Waals surface area (Å²) in [6.07, 6.45) is -1.65. The molecule has 0 unspecified atom stereocenters. The first kappa shape index (κ1) is 29.8. The van der Waals surface area contributed by atoms with Crippen molar-refractivity contribution in [3.8, 4) is 5.75 Å². The van der Waals surface area contributed by atoms with Gasteiger partial charge in [-0.15, -0.1) is 0 Å². The van der Waals surface area contributed by atoms with E-state index in [0.717, 1.165) is 12.1 Å². The third kappa shape index (κ3) is 7.64. The first-order valence-electron chi connectivity index (χ1n) is 11.5. The van der Waals surface area contributed by atoms with Gasteiger partial charge < -0.3 is 19.9 Å². The monoisotopic (exact) mass is 570 g/mol. The maximum absolute atomic E-state index is 14.8. The highest BCUT2D eigenvalue weighted by atomic mass is 31.2. The summed E-state index contributed by atoms with van der Waals surface area (Å²) in [7, 11) is -1.66. The van der Waals surface area contributed by atoms with Crippen LogP contribution in [-0.4, -0.2) is 47.9 Å². The number of methoxy groups -OCH3 is 1. The Bertz CT molecular complexity index is 1400. The van der Waals surface area contributed by atoms with Crippen LogP contribution in [0.1, 0.15) is 29.8 Å². The van der Waals surface area contributed by atoms with E-state index >= 15 is 0 Å². The number of hydrogen-bond acceptors (Lipinski definition) is 9. The smallest absolute Gasteiger partial charge is 0.421 e. The molecule has 0 aliphatic rings. The van der Waals surface area contributed by atoms with Crippen molar-refractivity contribution >= 4 is 41.5 Å². The molecule has 2 heterocycles. The number of hydroxylamine groups is 1. The lowest BCUT2D eigenvalue weighted by molar-refractivity contribution is -0.137. The Morgan fingerprint density at radius 3 is 2.46 bits per heavy atom. The number of halogens is 4. The molecule has 10 nitrogen and oxygen atoms in total. The van der Waals surface area contributed by atoms with Crippen molar-refractivity contribution in [1.29, 1.82) is 0 Å². The average molecular weight is 570 g/mol. The highest BCUT2D eigenvalue weighted by Crippen LogP contribution is 2.40. The predicted octanol–water partition coefficient (Wildman–Crippen LogP) is 5.09. The topological polar surface area (TPSA) is 127 Å². The van der Waals surface area contributed by atoms with E-state index < -0.39 is 36.4 Å². The molecule has 0 aliphatic carbocycles. The third-order valence-corrected chi connectivity index (χ3v) is 6.61. The molecule has 3 N–H and O–H groups in total. The van der Waals surface area contributed by atoms with Gasteiger partial charge in [-0.05, 0) is 31.4 Å². The van der Waals surface area contributed by atoms with Crippen molar-refractivity contribution in [3.63, 3.8) is 0 Å². The molecule has 15 heteroatoms. The van der Waals surface area contributed by atoms with Crippen molar-refractivity contribution in [2.45, 2.75) is 20.0 Å². The Hall–Kier alpha value is -3.77. The zero-order valence-corrected chi connectivity index (χ0v) is 22.6. The van der Waals surface area contributed by atoms with Gasteiger partial charge >= 0.3 is 6.18 Å². The van der Waals surface area contributed by atoms with E-state index in [-0.39, 0.29) is 46.5 Å². The minimum atomic E-state index is -4.83. The van der Waals surface area contributed by atoms with Gasteiger partial charge in [-0.3, -0.25) is 14.6 Å². The number of amides is 1. The minimum absolute atomic E-state index is 0.0160. The fraction of sp³-hybridized carbons (Fsp3) is 0.333. The lowest BCUT2D eigenvalue weighted by Crippen LogP contribution is -2.26. The zero-order valence-electron chi connectivity index (χ0n) is 21.7. The molecule has 1 aromatic carbocycles. The van der Waals surface area contributed by atoms with Crippen LogP contribution in [0.25, 0.3) is 0 Å². The number of nitrogens with one attached hydrogen (secondary N) is 3. The summed E-state index contributed by atoms with van der Waals surface area (Å²) < 4.78 is 73.9. The van der Waals surface area contributed by atoms with Crippen molar-refractivity contribution in [2.75, 3.05) is 37.7 Å². The lowest BCUT2D eigenvalue weighted by Gasteiger charge is -2.18. The maximum Gasteiger partial charge on any atom is 0.421 e. The van der Waals surface area contributed by atoms with Crippen LogP contribution in [0.5, 0.6) is 5.75 Å². The van der Waals surface area contributed by atoms with Gasteiger partial charge in [0.25, 0.3) is 5.91 Å². The molecule has 0 bridgehead atoms. The molecule has 210 valence electrons. The number of hydrogen-bond donors (Lipinski definition) is 3. The minimum Gasteiger partial charge on any atom is -0.495 e. The third-order valence-electron chi connectivity index (χ3n) is 5.09. The molecule has 0 aliphatic heterocycles. The molecule has 0 atom stereocenters. The van der Waals surface area contributed by atoms with Gasteiger partial charge in [-0.25, -0.2) is 14.9 Å². The van der Waals surface area contributed by atoms with Crippen LogP contribution in [0.2, 0.25) is 0 Å². The van der Waals surface area contributed by atoms with E-state index in [1.165, 1.54) is 38.9 Å². The molecule has 0 radical (unpaired) electrons. The summed E-state index contributed by atoms with van der Waals surface area (Å²) in [5.41, 5.74) is 0.624. The second-order valence-electron chi connectivity index (χ2n) is 9.12. The van der Waals surface area contributed by atoms with Crippen molar-refractivity contribution in [3.05, 3.63) is 53.7 Å². The first-order chi connectivity index (χ1) is 18.2. The highest BCUT2D eigenvalue weighted by molar-refractivity contribution is 7.70. The lowest BCUT2D eigenvalue weighted by atomic mass is 10.1. The molecule has 1 amide bonds. The molecular weight excluding hydrogens is 543 g/mol. The number of aromatic nitrogens is 3. The van der Waals surface area contributed by atoms with Crippen LogP contribution in [-0.2, 0) is 15.6 Å². The second-order valence-corrected chi connectivity index (χ2v) is 12.3. The Kier molecular flexibility index (Phi) is 9.13. The van der Waals surface area contributed by atoms with E-state index in [1.54, 1.807) is 0 Å². The number of ether oxygens (including phenoxy) is 1. The summed E-state index contributed by atoms with van der Waals surface area (Å²) in [6.45, 7) is 6.84. The number of alkyl halides is 3. The predicted molar refractivity (Wildman–Crippen MR) is 138 cm³/mol. The maximum atomic E-state index is 14.8. The Morgan fingerprint density at radius 1 is 1.13 bits per heavy atom. The van der Waals surface area contributed by atoms with Crippen molar-refractivity contribution in [2.24, 2.45) is 5.92 Å². The quantitative estimate of drug-likeness (QED) is 0.174. The van der Waals surface area contributed by atoms with Gasteiger partial charge in [0.2, 0.25) is 5.95 Å². The zero-order chi connectivity index (χ0) is 29.0. The van der Waals surface area contributed by atoms with Crippen LogP contribution in [0.4, 0.5) is 40.7 Å². The molecule has 0 fully saturated rings. The standard InChI is InChI=1S/C24H27F4N6O4P/c1-13(2)12-38-34-22(35)14-8-19(37-3)18(9-16(14)25)32-23-30-10-15(24(26,27)28)21(33-23)31-17-6-7-29-11-20(17)39(4,5)36/h6-11,13H,12H2,1-5H3,(H,34,35)(H2,29,30,31,32,33). The second kappa shape index (κ2) is 12.0. The fourth-order valence-corrected chi connectivity index (χ4v) is 4.29. The van der Waals surface area contributed by atoms with E-state index in [9.17, 15) is 26.9 Å². The number of rotatable bonds is 10. The van der Waals surface area contributed by atoms with Gasteiger partial charge in [-0.1, -0.05) is 13.8 Å². The number of pyridine rings is 1. The fourth-order valence-electron chi connectivity index (χ4n) is 3.24. The molecule has 2 aromatic heterocycles. The Balaban J connectivity index is 1.97. The van der Waals surface area contributed by atoms with E-state index in [2.05, 4.69) is 31.1 Å². The van der Waals surface area contributed by atoms with E-state index in [4.69, 9.17) is 9.57 Å². The first-order valence-corrected chi connectivity index (χ1v) is 14.1. The van der Waals surface area contributed by atoms with E-state index in [0.29, 0.717) is 6.20 Å². The highest BCUT2D eigenvalue weighted by Gasteiger charge is 2.36. The van der Waals surface area contributed by atoms with Crippen LogP contribution in [0.3, 0.4) is 0 Å². The molecule has 39 heavy (non-hydrogen) atoms. The molecule has 3 rings (SSSR count). The van der Waals surface area contributed by atoms with Gasteiger partial charge in [0.15, 0.2) is 0 Å². The molecule has 3 aromatic rings. The Labute approximate surface area is 221 Å².